The van der Waals surface area contributed by atoms with Crippen LogP contribution in [0.25, 0.3) is 85.2 Å². The van der Waals surface area contributed by atoms with Gasteiger partial charge in [0, 0.05) is 104 Å². The molecule has 0 aliphatic rings. The van der Waals surface area contributed by atoms with E-state index in [2.05, 4.69) is 160 Å². The Kier molecular flexibility index (Phi) is 28.4. The molecule has 0 aliphatic heterocycles. The summed E-state index contributed by atoms with van der Waals surface area (Å²) in [5, 5.41) is 45.9. The summed E-state index contributed by atoms with van der Waals surface area (Å²) in [5.74, 6) is -0.254. The van der Waals surface area contributed by atoms with Crippen molar-refractivity contribution >= 4 is 233 Å². The maximum Gasteiger partial charge on any atom is 0.261 e. The van der Waals surface area contributed by atoms with E-state index in [1.54, 1.807) is 58.7 Å². The molecule has 0 unspecified atom stereocenters. The zero-order valence-corrected chi connectivity index (χ0v) is 84.3. The van der Waals surface area contributed by atoms with Crippen LogP contribution in [0.15, 0.2) is 197 Å². The first kappa shape index (κ1) is 93.9. The van der Waals surface area contributed by atoms with E-state index in [-0.39, 0.29) is 29.4 Å². The molecule has 0 spiro atoms. The molecule has 21 rings (SSSR count). The van der Waals surface area contributed by atoms with Crippen molar-refractivity contribution in [3.63, 3.8) is 0 Å². The number of thiazole rings is 5. The summed E-state index contributed by atoms with van der Waals surface area (Å²) in [7, 11) is 6.51. The molecule has 21 heterocycles. The predicted octanol–water partition coefficient (Wildman–Crippen LogP) is 23.3. The van der Waals surface area contributed by atoms with Crippen molar-refractivity contribution in [1.29, 1.82) is 0 Å². The molecule has 0 fully saturated rings. The van der Waals surface area contributed by atoms with Gasteiger partial charge in [-0.3, -0.25) is 51.0 Å². The lowest BCUT2D eigenvalue weighted by atomic mass is 10.1. The highest BCUT2D eigenvalue weighted by Gasteiger charge is 2.24. The fourth-order valence-corrected chi connectivity index (χ4v) is 23.1. The number of nitrogens with zero attached hydrogens (tertiary/aromatic N) is 16. The van der Waals surface area contributed by atoms with Crippen LogP contribution in [-0.2, 0) is 6.42 Å². The van der Waals surface area contributed by atoms with Crippen LogP contribution in [0.2, 0.25) is 5.02 Å². The van der Waals surface area contributed by atoms with E-state index >= 15 is 0 Å². The Balaban J connectivity index is 0.000000118. The monoisotopic (exact) mass is 2010 g/mol. The lowest BCUT2D eigenvalue weighted by Crippen LogP contribution is -2.15. The molecule has 0 bridgehead atoms. The third-order valence-corrected chi connectivity index (χ3v) is 30.3. The molecule has 41 heteroatoms. The molecule has 688 valence electrons. The number of anilines is 10. The Morgan fingerprint density at radius 3 is 1.21 bits per heavy atom. The van der Waals surface area contributed by atoms with Gasteiger partial charge in [0.1, 0.15) is 51.1 Å². The molecule has 0 atom stereocenters. The van der Waals surface area contributed by atoms with Gasteiger partial charge in [0.05, 0.1) is 111 Å². The molecule has 136 heavy (non-hydrogen) atoms. The van der Waals surface area contributed by atoms with Crippen LogP contribution < -0.4 is 47.9 Å². The predicted molar refractivity (Wildman–Crippen MR) is 558 cm³/mol. The van der Waals surface area contributed by atoms with E-state index in [9.17, 15) is 24.0 Å². The lowest BCUT2D eigenvalue weighted by molar-refractivity contribution is 0.0959. The molecule has 21 aromatic rings. The number of rotatable bonds is 22. The summed E-state index contributed by atoms with van der Waals surface area (Å²) in [6.07, 6.45) is 10.1. The third kappa shape index (κ3) is 20.7. The number of halogens is 1. The summed E-state index contributed by atoms with van der Waals surface area (Å²) in [6, 6.07) is 44.4. The maximum absolute atomic E-state index is 12.7. The normalized spacial score (nSPS) is 11.1. The summed E-state index contributed by atoms with van der Waals surface area (Å²) >= 11 is 20.9. The van der Waals surface area contributed by atoms with Gasteiger partial charge in [0.2, 0.25) is 0 Å². The number of carbonyl (C=O) groups excluding carboxylic acids is 5. The van der Waals surface area contributed by atoms with Crippen LogP contribution in [0.1, 0.15) is 110 Å². The van der Waals surface area contributed by atoms with Gasteiger partial charge in [-0.05, 0) is 207 Å². The van der Waals surface area contributed by atoms with E-state index in [0.29, 0.717) is 35.8 Å². The summed E-state index contributed by atoms with van der Waals surface area (Å²) in [5.41, 5.74) is 24.9. The Morgan fingerprint density at radius 2 is 0.735 bits per heavy atom. The molecule has 0 radical (unpaired) electrons. The fraction of sp³-hybridized carbons (Fsp3) is 0.158. The number of pyridine rings is 6. The van der Waals surface area contributed by atoms with Gasteiger partial charge in [-0.15, -0.1) is 113 Å². The SMILES string of the molecule is CNC(=O)c1ccc(Nc2nc(-c3c(C)nc4c(C)cccn34)cs2)s1.CNC(=O)c1ccc(Nc2nc(-c3c(C)nc4cc(C)ccn34)cs2)s1.CNC(=O)c1ccc(Nc2nc(-c3c(C)nc4ccc(C)cn34)cs2)s1.CNC(=O)c1ccc(Nc2nc(-c3c(C)nc4cccc(C)n34)cs2)s1.Cc1ncccc1CC(=O)c1ccc(Nc2nc(-c3c(C)nc4c(Cl)cccn34)cs2)s1. The Hall–Kier alpha value is -13.9. The van der Waals surface area contributed by atoms with E-state index in [1.165, 1.54) is 124 Å². The Labute approximate surface area is 824 Å². The van der Waals surface area contributed by atoms with E-state index < -0.39 is 0 Å². The Bertz CT molecular complexity index is 7930. The second kappa shape index (κ2) is 41.1. The van der Waals surface area contributed by atoms with Crippen LogP contribution in [0.3, 0.4) is 0 Å². The number of imidazole rings is 5. The number of thiophene rings is 5. The van der Waals surface area contributed by atoms with Gasteiger partial charge >= 0.3 is 0 Å². The minimum Gasteiger partial charge on any atom is -0.354 e. The van der Waals surface area contributed by atoms with Gasteiger partial charge in [0.15, 0.2) is 37.1 Å². The number of fused-ring (bicyclic) bond motifs is 5. The first-order valence-corrected chi connectivity index (χ1v) is 51.0. The van der Waals surface area contributed by atoms with Crippen molar-refractivity contribution in [2.24, 2.45) is 0 Å². The summed E-state index contributed by atoms with van der Waals surface area (Å²) in [4.78, 5) is 114. The molecular formula is C95H86ClN25O5S10. The molecule has 21 aromatic heterocycles. The molecule has 0 saturated carbocycles. The zero-order chi connectivity index (χ0) is 95.3. The number of amides is 4. The number of aryl methyl sites for hydroxylation is 10. The van der Waals surface area contributed by atoms with Gasteiger partial charge in [-0.25, -0.2) is 49.8 Å². The molecular weight excluding hydrogens is 1930 g/mol. The summed E-state index contributed by atoms with van der Waals surface area (Å²) in [6.45, 7) is 20.1. The topological polar surface area (TPSA) is 357 Å². The number of hydrogen-bond donors (Lipinski definition) is 9. The second-order valence-corrected chi connectivity index (χ2v) is 40.8. The molecule has 30 nitrogen and oxygen atoms in total. The number of nitrogens with one attached hydrogen (secondary N) is 9. The van der Waals surface area contributed by atoms with E-state index in [0.717, 1.165) is 187 Å². The highest BCUT2D eigenvalue weighted by molar-refractivity contribution is 7.21. The highest BCUT2D eigenvalue weighted by Crippen LogP contribution is 2.40. The molecule has 9 N–H and O–H groups in total. The minimum absolute atomic E-state index is 0.0808. The molecule has 0 aliphatic carbocycles. The first-order valence-electron chi connectivity index (χ1n) is 42.1. The van der Waals surface area contributed by atoms with Crippen LogP contribution in [-0.4, -0.2) is 134 Å². The largest absolute Gasteiger partial charge is 0.354 e. The van der Waals surface area contributed by atoms with Gasteiger partial charge in [-0.2, -0.15) is 0 Å². The van der Waals surface area contributed by atoms with E-state index in [1.807, 2.05) is 176 Å². The average molecular weight is 2010 g/mol. The van der Waals surface area contributed by atoms with Crippen LogP contribution in [0.4, 0.5) is 50.7 Å². The van der Waals surface area contributed by atoms with Crippen molar-refractivity contribution in [2.45, 2.75) is 75.7 Å². The molecule has 4 amide bonds. The number of hydrogen-bond acceptors (Lipinski definition) is 31. The van der Waals surface area contributed by atoms with Crippen LogP contribution in [0, 0.1) is 69.2 Å². The summed E-state index contributed by atoms with van der Waals surface area (Å²) < 4.78 is 10.3. The first-order chi connectivity index (χ1) is 65.7. The number of ketones is 1. The van der Waals surface area contributed by atoms with Crippen molar-refractivity contribution in [3.8, 4) is 56.9 Å². The number of aromatic nitrogens is 16. The molecule has 0 saturated heterocycles. The van der Waals surface area contributed by atoms with Crippen molar-refractivity contribution < 1.29 is 24.0 Å². The third-order valence-electron chi connectivity index (χ3n) is 21.2. The van der Waals surface area contributed by atoms with Crippen molar-refractivity contribution in [2.75, 3.05) is 54.8 Å². The zero-order valence-electron chi connectivity index (χ0n) is 75.4. The van der Waals surface area contributed by atoms with Crippen LogP contribution in [0.5, 0.6) is 0 Å². The smallest absolute Gasteiger partial charge is 0.261 e. The van der Waals surface area contributed by atoms with Gasteiger partial charge in [0.25, 0.3) is 23.6 Å². The quantitative estimate of drug-likeness (QED) is 0.0285. The number of carbonyl (C=O) groups is 5. The standard InChI is InChI=1S/C23H18ClN5OS2.4C18H17N5OS2/c1-13-15(5-3-9-25-13)11-18(30)19-7-8-20(32-19)28-23-27-17(12-31-23)21-14(2)26-22-16(24)6-4-10-29(21)22;1-10-4-6-14-20-11(2)16(23(14)8-10)12-9-25-18(21-12)22-15-7-5-13(26-15)17(24)19-3;1-10-6-7-23-14(8-10)20-11(2)16(23)12-9-25-18(21-12)22-15-5-4-13(26-15)17(24)19-3;1-10-5-4-8-23-15(11(2)20-16(10)23)12-9-25-18(21-12)22-14-7-6-13(26-14)17(24)19-3;1-10-5-4-6-14-20-11(2)16(23(10)14)12-9-25-18(21-12)22-15-8-7-13(26-15)17(24)19-3/h3-10,12H,11H2,1-2H3,(H,27,28);4*4-9H,1-3H3,(H,19,24)(H,21,22). The van der Waals surface area contributed by atoms with Gasteiger partial charge < -0.3 is 47.9 Å². The molecule has 0 aromatic carbocycles. The fourth-order valence-electron chi connectivity index (χ4n) is 14.7. The minimum atomic E-state index is -0.0838. The van der Waals surface area contributed by atoms with Gasteiger partial charge in [-0.1, -0.05) is 35.9 Å². The van der Waals surface area contributed by atoms with Crippen LogP contribution >= 0.6 is 125 Å². The highest BCUT2D eigenvalue weighted by atomic mass is 35.5. The maximum atomic E-state index is 12.7. The Morgan fingerprint density at radius 1 is 0.338 bits per heavy atom. The van der Waals surface area contributed by atoms with Crippen molar-refractivity contribution in [1.82, 2.24) is 98.1 Å². The second-order valence-electron chi connectivity index (χ2n) is 30.7. The number of Topliss-reactive ketones (excluding diaryl/α,β-unsaturated/α-hetero) is 1. The van der Waals surface area contributed by atoms with E-state index in [4.69, 9.17) is 36.5 Å². The average Bonchev–Trinajstić information content (AvgIpc) is 1.65. The van der Waals surface area contributed by atoms with Crippen molar-refractivity contribution in [3.05, 3.63) is 289 Å². The lowest BCUT2D eigenvalue weighted by Gasteiger charge is -2.03.